The van der Waals surface area contributed by atoms with Crippen LogP contribution in [0.25, 0.3) is 22.3 Å². The second kappa shape index (κ2) is 9.96. The van der Waals surface area contributed by atoms with Gasteiger partial charge in [0.15, 0.2) is 11.6 Å². The van der Waals surface area contributed by atoms with E-state index in [-0.39, 0.29) is 29.7 Å². The normalized spacial score (nSPS) is 14.7. The van der Waals surface area contributed by atoms with Gasteiger partial charge in [0.05, 0.1) is 6.61 Å². The van der Waals surface area contributed by atoms with Gasteiger partial charge in [-0.25, -0.2) is 13.2 Å². The number of ether oxygens (including phenoxy) is 2. The Morgan fingerprint density at radius 1 is 0.771 bits per heavy atom. The van der Waals surface area contributed by atoms with Crippen molar-refractivity contribution in [3.8, 4) is 28.0 Å². The highest BCUT2D eigenvalue weighted by molar-refractivity contribution is 5.72. The molecule has 0 spiro atoms. The molecular weight excluding hydrogens is 449 g/mol. The molecule has 4 aromatic carbocycles. The second-order valence-electron chi connectivity index (χ2n) is 8.73. The van der Waals surface area contributed by atoms with Crippen molar-refractivity contribution in [2.75, 3.05) is 6.61 Å². The van der Waals surface area contributed by atoms with E-state index in [4.69, 9.17) is 9.47 Å². The summed E-state index contributed by atoms with van der Waals surface area (Å²) in [5, 5.41) is 0. The summed E-state index contributed by atoms with van der Waals surface area (Å²) in [5.41, 5.74) is 4.19. The molecule has 0 bridgehead atoms. The van der Waals surface area contributed by atoms with Crippen LogP contribution >= 0.6 is 0 Å². The Morgan fingerprint density at radius 3 is 1.86 bits per heavy atom. The predicted molar refractivity (Wildman–Crippen MR) is 131 cm³/mol. The van der Waals surface area contributed by atoms with Crippen LogP contribution in [-0.4, -0.2) is 6.61 Å². The van der Waals surface area contributed by atoms with Crippen molar-refractivity contribution in [2.45, 2.75) is 32.5 Å². The van der Waals surface area contributed by atoms with E-state index in [1.54, 1.807) is 48.5 Å². The third kappa shape index (κ3) is 5.10. The molecule has 1 saturated heterocycles. The van der Waals surface area contributed by atoms with Gasteiger partial charge < -0.3 is 9.47 Å². The van der Waals surface area contributed by atoms with Crippen molar-refractivity contribution in [3.05, 3.63) is 113 Å². The molecule has 1 heterocycles. The Balaban J connectivity index is 1.28. The smallest absolute Gasteiger partial charge is 0.167 e. The summed E-state index contributed by atoms with van der Waals surface area (Å²) in [6.07, 6.45) is 1.84. The molecule has 5 rings (SSSR count). The van der Waals surface area contributed by atoms with Gasteiger partial charge in [-0.2, -0.15) is 0 Å². The molecule has 0 saturated carbocycles. The minimum absolute atomic E-state index is 0.151. The number of hydrogen-bond acceptors (Lipinski definition) is 2. The van der Waals surface area contributed by atoms with E-state index in [1.165, 1.54) is 11.6 Å². The molecule has 1 atom stereocenters. The zero-order valence-corrected chi connectivity index (χ0v) is 19.4. The SMILES string of the molecule is CCCc1ccc(-c2ccc(-c3ccc(COc4ccc(C5CO5)c(F)c4)cc3)c(F)c2F)cc1. The second-order valence-corrected chi connectivity index (χ2v) is 8.73. The molecule has 1 aliphatic heterocycles. The Kier molecular flexibility index (Phi) is 6.60. The van der Waals surface area contributed by atoms with Crippen molar-refractivity contribution in [2.24, 2.45) is 0 Å². The van der Waals surface area contributed by atoms with Gasteiger partial charge in [0.2, 0.25) is 0 Å². The van der Waals surface area contributed by atoms with Gasteiger partial charge in [-0.3, -0.25) is 0 Å². The van der Waals surface area contributed by atoms with Gasteiger partial charge in [0, 0.05) is 22.8 Å². The molecule has 0 aliphatic carbocycles. The van der Waals surface area contributed by atoms with E-state index in [0.717, 1.165) is 18.4 Å². The molecule has 4 aromatic rings. The van der Waals surface area contributed by atoms with Crippen molar-refractivity contribution >= 4 is 0 Å². The summed E-state index contributed by atoms with van der Waals surface area (Å²) < 4.78 is 54.9. The number of rotatable bonds is 8. The number of benzene rings is 4. The van der Waals surface area contributed by atoms with Gasteiger partial charge in [0.25, 0.3) is 0 Å². The summed E-state index contributed by atoms with van der Waals surface area (Å²) in [6.45, 7) is 2.87. The van der Waals surface area contributed by atoms with Crippen LogP contribution in [0.2, 0.25) is 0 Å². The lowest BCUT2D eigenvalue weighted by Crippen LogP contribution is -1.98. The Morgan fingerprint density at radius 2 is 1.34 bits per heavy atom. The molecule has 0 aromatic heterocycles. The Bertz CT molecular complexity index is 1330. The highest BCUT2D eigenvalue weighted by Crippen LogP contribution is 2.34. The zero-order chi connectivity index (χ0) is 24.4. The standard InChI is InChI=1S/C30H25F3O2/c1-2-3-19-4-8-21(9-5-19)24-14-15-25(30(33)29(24)32)22-10-6-20(7-11-22)17-34-23-12-13-26(27(31)16-23)28-18-35-28/h4-16,28H,2-3,17-18H2,1H3. The average molecular weight is 475 g/mol. The highest BCUT2D eigenvalue weighted by atomic mass is 19.2. The lowest BCUT2D eigenvalue weighted by molar-refractivity contribution is 0.304. The van der Waals surface area contributed by atoms with Crippen LogP contribution in [-0.2, 0) is 17.8 Å². The molecule has 0 amide bonds. The molecule has 0 N–H and O–H groups in total. The van der Waals surface area contributed by atoms with Crippen LogP contribution in [0, 0.1) is 17.5 Å². The minimum Gasteiger partial charge on any atom is -0.489 e. The first-order valence-corrected chi connectivity index (χ1v) is 11.7. The van der Waals surface area contributed by atoms with Gasteiger partial charge in [0.1, 0.15) is 24.3 Å². The maximum absolute atomic E-state index is 15.0. The molecule has 35 heavy (non-hydrogen) atoms. The third-order valence-electron chi connectivity index (χ3n) is 6.21. The maximum atomic E-state index is 15.0. The lowest BCUT2D eigenvalue weighted by Gasteiger charge is -2.11. The van der Waals surface area contributed by atoms with Gasteiger partial charge >= 0.3 is 0 Å². The summed E-state index contributed by atoms with van der Waals surface area (Å²) in [7, 11) is 0. The van der Waals surface area contributed by atoms with Crippen LogP contribution in [0.15, 0.2) is 78.9 Å². The lowest BCUT2D eigenvalue weighted by atomic mass is 9.97. The number of aryl methyl sites for hydroxylation is 1. The first-order chi connectivity index (χ1) is 17.0. The van der Waals surface area contributed by atoms with Gasteiger partial charge in [-0.1, -0.05) is 74.0 Å². The monoisotopic (exact) mass is 474 g/mol. The van der Waals surface area contributed by atoms with Crippen molar-refractivity contribution in [1.82, 2.24) is 0 Å². The summed E-state index contributed by atoms with van der Waals surface area (Å²) in [4.78, 5) is 0. The summed E-state index contributed by atoms with van der Waals surface area (Å²) >= 11 is 0. The van der Waals surface area contributed by atoms with Crippen molar-refractivity contribution in [3.63, 3.8) is 0 Å². The van der Waals surface area contributed by atoms with Crippen LogP contribution < -0.4 is 4.74 Å². The molecule has 178 valence electrons. The molecule has 5 heteroatoms. The number of epoxide rings is 1. The van der Waals surface area contributed by atoms with Crippen LogP contribution in [0.4, 0.5) is 13.2 Å². The largest absolute Gasteiger partial charge is 0.489 e. The number of hydrogen-bond donors (Lipinski definition) is 0. The molecule has 2 nitrogen and oxygen atoms in total. The van der Waals surface area contributed by atoms with Gasteiger partial charge in [-0.15, -0.1) is 0 Å². The van der Waals surface area contributed by atoms with Crippen LogP contribution in [0.5, 0.6) is 5.75 Å². The van der Waals surface area contributed by atoms with E-state index in [2.05, 4.69) is 6.92 Å². The first-order valence-electron chi connectivity index (χ1n) is 11.7. The van der Waals surface area contributed by atoms with E-state index < -0.39 is 11.6 Å². The molecular formula is C30H25F3O2. The fourth-order valence-corrected chi connectivity index (χ4v) is 4.17. The average Bonchev–Trinajstić information content (AvgIpc) is 3.71. The van der Waals surface area contributed by atoms with Crippen LogP contribution in [0.1, 0.15) is 36.1 Å². The Labute approximate surface area is 203 Å². The van der Waals surface area contributed by atoms with Gasteiger partial charge in [-0.05, 0) is 40.8 Å². The highest BCUT2D eigenvalue weighted by Gasteiger charge is 2.27. The molecule has 0 radical (unpaired) electrons. The number of halogens is 3. The fraction of sp³-hybridized carbons (Fsp3) is 0.200. The van der Waals surface area contributed by atoms with E-state index >= 15 is 0 Å². The third-order valence-corrected chi connectivity index (χ3v) is 6.21. The zero-order valence-electron chi connectivity index (χ0n) is 19.4. The van der Waals surface area contributed by atoms with Crippen LogP contribution in [0.3, 0.4) is 0 Å². The summed E-state index contributed by atoms with van der Waals surface area (Å²) in [6, 6.07) is 22.5. The molecule has 1 aliphatic rings. The first kappa shape index (κ1) is 23.2. The predicted octanol–water partition coefficient (Wildman–Crippen LogP) is 8.04. The minimum atomic E-state index is -0.876. The van der Waals surface area contributed by atoms with E-state index in [1.807, 2.05) is 24.3 Å². The van der Waals surface area contributed by atoms with E-state index in [0.29, 0.717) is 29.0 Å². The van der Waals surface area contributed by atoms with Crippen molar-refractivity contribution in [1.29, 1.82) is 0 Å². The Hall–Kier alpha value is -3.57. The summed E-state index contributed by atoms with van der Waals surface area (Å²) in [5.74, 6) is -1.67. The molecule has 1 fully saturated rings. The van der Waals surface area contributed by atoms with Crippen molar-refractivity contribution < 1.29 is 22.6 Å². The maximum Gasteiger partial charge on any atom is 0.167 e. The fourth-order valence-electron chi connectivity index (χ4n) is 4.17. The topological polar surface area (TPSA) is 21.8 Å². The van der Waals surface area contributed by atoms with E-state index in [9.17, 15) is 13.2 Å². The molecule has 1 unspecified atom stereocenters. The quantitative estimate of drug-likeness (QED) is 0.241.